The quantitative estimate of drug-likeness (QED) is 0.383. The fourth-order valence-electron chi connectivity index (χ4n) is 3.52. The van der Waals surface area contributed by atoms with Gasteiger partial charge in [-0.2, -0.15) is 4.98 Å². The number of hydrogen-bond acceptors (Lipinski definition) is 5. The zero-order chi connectivity index (χ0) is 21.0. The summed E-state index contributed by atoms with van der Waals surface area (Å²) in [6.07, 6.45) is 9.73. The van der Waals surface area contributed by atoms with E-state index in [-0.39, 0.29) is 17.3 Å². The summed E-state index contributed by atoms with van der Waals surface area (Å²) in [5, 5.41) is 13.8. The lowest BCUT2D eigenvalue weighted by atomic mass is 10.1. The van der Waals surface area contributed by atoms with Crippen LogP contribution in [-0.2, 0) is 4.74 Å². The Morgan fingerprint density at radius 2 is 2.21 bits per heavy atom. The number of anilines is 1. The van der Waals surface area contributed by atoms with Gasteiger partial charge in [0.25, 0.3) is 5.56 Å². The van der Waals surface area contributed by atoms with E-state index in [1.54, 1.807) is 13.2 Å². The third kappa shape index (κ3) is 4.33. The predicted octanol–water partition coefficient (Wildman–Crippen LogP) is 2.22. The van der Waals surface area contributed by atoms with E-state index in [2.05, 4.69) is 42.3 Å². The average molecular weight is 414 g/mol. The van der Waals surface area contributed by atoms with Crippen LogP contribution in [0.2, 0.25) is 0 Å². The van der Waals surface area contributed by atoms with Crippen LogP contribution in [0.1, 0.15) is 50.8 Å². The molecule has 2 aromatic heterocycles. The summed E-state index contributed by atoms with van der Waals surface area (Å²) < 4.78 is 7.89. The first-order chi connectivity index (χ1) is 14.0. The smallest absolute Gasteiger partial charge is 0.263 e. The van der Waals surface area contributed by atoms with Crippen molar-refractivity contribution in [1.82, 2.24) is 14.5 Å². The summed E-state index contributed by atoms with van der Waals surface area (Å²) in [5.74, 6) is 9.22. The molecule has 3 rings (SSSR count). The van der Waals surface area contributed by atoms with Crippen molar-refractivity contribution in [3.05, 3.63) is 22.1 Å². The highest BCUT2D eigenvalue weighted by atomic mass is 31.0. The average Bonchev–Trinajstić information content (AvgIpc) is 3.22. The fraction of sp³-hybridized carbons (Fsp3) is 0.524. The van der Waals surface area contributed by atoms with Crippen LogP contribution in [0.25, 0.3) is 11.0 Å². The van der Waals surface area contributed by atoms with Gasteiger partial charge in [-0.05, 0) is 19.3 Å². The lowest BCUT2D eigenvalue weighted by Crippen LogP contribution is -2.26. The molecule has 5 atom stereocenters. The predicted molar refractivity (Wildman–Crippen MR) is 118 cm³/mol. The molecule has 0 amide bonds. The number of nitrogens with zero attached hydrogens (tertiary/aromatic N) is 2. The van der Waals surface area contributed by atoms with Crippen molar-refractivity contribution in [2.24, 2.45) is 0 Å². The van der Waals surface area contributed by atoms with Crippen LogP contribution in [0, 0.1) is 24.2 Å². The van der Waals surface area contributed by atoms with Gasteiger partial charge in [-0.15, -0.1) is 21.6 Å². The molecule has 29 heavy (non-hydrogen) atoms. The third-order valence-electron chi connectivity index (χ3n) is 5.11. The molecule has 0 saturated carbocycles. The Morgan fingerprint density at radius 3 is 2.86 bits per heavy atom. The van der Waals surface area contributed by atoms with E-state index < -0.39 is 12.3 Å². The first kappa shape index (κ1) is 21.4. The molecule has 0 aromatic carbocycles. The van der Waals surface area contributed by atoms with Crippen molar-refractivity contribution < 1.29 is 9.84 Å². The Balaban J connectivity index is 2.02. The number of rotatable bonds is 6. The van der Waals surface area contributed by atoms with Crippen molar-refractivity contribution in [3.63, 3.8) is 0 Å². The minimum Gasteiger partial charge on any atom is -0.390 e. The number of hydrogen-bond donors (Lipinski definition) is 3. The molecule has 0 bridgehead atoms. The number of aliphatic hydroxyl groups is 1. The summed E-state index contributed by atoms with van der Waals surface area (Å²) in [4.78, 5) is 20.0. The molecule has 0 radical (unpaired) electrons. The second-order valence-electron chi connectivity index (χ2n) is 7.07. The topological polar surface area (TPSA) is 92.2 Å². The van der Waals surface area contributed by atoms with Crippen molar-refractivity contribution in [2.45, 2.75) is 63.1 Å². The molecule has 7 nitrogen and oxygen atoms in total. The molecule has 3 N–H and O–H groups in total. The van der Waals surface area contributed by atoms with Gasteiger partial charge < -0.3 is 19.7 Å². The Bertz CT molecular complexity index is 1030. The van der Waals surface area contributed by atoms with Gasteiger partial charge in [-0.3, -0.25) is 9.78 Å². The molecule has 8 heteroatoms. The van der Waals surface area contributed by atoms with Gasteiger partial charge in [0.2, 0.25) is 5.95 Å². The summed E-state index contributed by atoms with van der Waals surface area (Å²) in [6, 6.07) is 0. The van der Waals surface area contributed by atoms with E-state index in [0.29, 0.717) is 35.4 Å². The monoisotopic (exact) mass is 414 g/mol. The first-order valence-corrected chi connectivity index (χ1v) is 10.5. The molecule has 0 spiro atoms. The van der Waals surface area contributed by atoms with Gasteiger partial charge in [0.15, 0.2) is 5.65 Å². The van der Waals surface area contributed by atoms with Gasteiger partial charge in [0.05, 0.1) is 23.2 Å². The van der Waals surface area contributed by atoms with Crippen molar-refractivity contribution in [2.75, 3.05) is 12.4 Å². The first-order valence-electron chi connectivity index (χ1n) is 9.85. The van der Waals surface area contributed by atoms with Crippen LogP contribution in [0.3, 0.4) is 0 Å². The van der Waals surface area contributed by atoms with E-state index in [1.165, 1.54) is 0 Å². The maximum absolute atomic E-state index is 12.7. The van der Waals surface area contributed by atoms with E-state index in [1.807, 2.05) is 11.5 Å². The second-order valence-corrected chi connectivity index (χ2v) is 7.84. The highest BCUT2D eigenvalue weighted by Crippen LogP contribution is 2.38. The molecular weight excluding hydrogens is 387 g/mol. The molecule has 3 heterocycles. The summed E-state index contributed by atoms with van der Waals surface area (Å²) in [7, 11) is 4.35. The number of nitrogens with one attached hydrogen (secondary N) is 2. The van der Waals surface area contributed by atoms with E-state index in [0.717, 1.165) is 19.3 Å². The largest absolute Gasteiger partial charge is 0.390 e. The SMILES string of the molecule is C#CCCCCC#Cc1cn([C@@H]2O[C@H](CC)[C@H](O)C2P)c2nc(NC)[nH]c(=O)c12. The number of aliphatic hydroxyl groups excluding tert-OH is 1. The van der Waals surface area contributed by atoms with E-state index in [9.17, 15) is 9.90 Å². The van der Waals surface area contributed by atoms with Gasteiger partial charge in [0, 0.05) is 31.7 Å². The second kappa shape index (κ2) is 9.46. The fourth-order valence-corrected chi connectivity index (χ4v) is 4.04. The highest BCUT2D eigenvalue weighted by Gasteiger charge is 2.41. The lowest BCUT2D eigenvalue weighted by molar-refractivity contribution is -0.0178. The number of aromatic nitrogens is 3. The van der Waals surface area contributed by atoms with Crippen molar-refractivity contribution in [1.29, 1.82) is 0 Å². The molecule has 2 aromatic rings. The van der Waals surface area contributed by atoms with Crippen LogP contribution in [0.15, 0.2) is 11.0 Å². The summed E-state index contributed by atoms with van der Waals surface area (Å²) in [5.41, 5.74) is 0.597. The summed E-state index contributed by atoms with van der Waals surface area (Å²) in [6.45, 7) is 1.97. The maximum atomic E-state index is 12.7. The van der Waals surface area contributed by atoms with Crippen LogP contribution >= 0.6 is 9.24 Å². The highest BCUT2D eigenvalue weighted by molar-refractivity contribution is 7.17. The zero-order valence-electron chi connectivity index (χ0n) is 16.7. The number of unbranched alkanes of at least 4 members (excludes halogenated alkanes) is 3. The molecular formula is C21H27N4O3P. The number of H-pyrrole nitrogens is 1. The maximum Gasteiger partial charge on any atom is 0.263 e. The van der Waals surface area contributed by atoms with Crippen molar-refractivity contribution in [3.8, 4) is 24.2 Å². The molecule has 154 valence electrons. The Hall–Kier alpha value is -2.31. The number of fused-ring (bicyclic) bond motifs is 1. The molecule has 2 unspecified atom stereocenters. The summed E-state index contributed by atoms with van der Waals surface area (Å²) >= 11 is 0. The normalized spacial score (nSPS) is 23.6. The number of ether oxygens (including phenoxy) is 1. The number of terminal acetylenes is 1. The van der Waals surface area contributed by atoms with Gasteiger partial charge in [0.1, 0.15) is 6.23 Å². The Morgan fingerprint density at radius 1 is 1.45 bits per heavy atom. The van der Waals surface area contributed by atoms with Crippen LogP contribution in [-0.4, -0.2) is 44.6 Å². The van der Waals surface area contributed by atoms with Gasteiger partial charge >= 0.3 is 0 Å². The Kier molecular flexibility index (Phi) is 6.98. The van der Waals surface area contributed by atoms with Crippen LogP contribution < -0.4 is 10.9 Å². The number of aromatic amines is 1. The Labute approximate surface area is 172 Å². The zero-order valence-corrected chi connectivity index (χ0v) is 17.9. The van der Waals surface area contributed by atoms with Crippen LogP contribution in [0.4, 0.5) is 5.95 Å². The van der Waals surface area contributed by atoms with Gasteiger partial charge in [-0.25, -0.2) is 0 Å². The van der Waals surface area contributed by atoms with Crippen LogP contribution in [0.5, 0.6) is 0 Å². The molecule has 1 fully saturated rings. The van der Waals surface area contributed by atoms with E-state index >= 15 is 0 Å². The van der Waals surface area contributed by atoms with E-state index in [4.69, 9.17) is 11.2 Å². The molecule has 1 saturated heterocycles. The van der Waals surface area contributed by atoms with Gasteiger partial charge in [-0.1, -0.05) is 18.8 Å². The molecule has 1 aliphatic heterocycles. The third-order valence-corrected chi connectivity index (χ3v) is 5.83. The minimum absolute atomic E-state index is 0.223. The minimum atomic E-state index is -0.607. The van der Waals surface area contributed by atoms with Crippen molar-refractivity contribution >= 4 is 26.2 Å². The lowest BCUT2D eigenvalue weighted by Gasteiger charge is -2.18. The standard InChI is InChI=1S/C21H27N4O3P/c1-4-6-7-8-9-10-11-13-12-25(20-17(29)16(26)14(5-2)28-20)18-15(13)19(27)24-21(22-3)23-18/h1,12,14,16-17,20,26H,5-9,29H2,2-3H3,(H2,22,23,24,27)/t14-,16+,17?,20-/m1/s1. The molecule has 1 aliphatic rings. The molecule has 0 aliphatic carbocycles.